The van der Waals surface area contributed by atoms with Crippen molar-refractivity contribution in [2.24, 2.45) is 5.92 Å². The monoisotopic (exact) mass is 401 g/mol. The first kappa shape index (κ1) is 21.0. The molecular weight excluding hydrogens is 374 g/mol. The summed E-state index contributed by atoms with van der Waals surface area (Å²) in [6, 6.07) is 12.3. The number of aliphatic carboxylic acids is 1. The third kappa shape index (κ3) is 4.63. The molecule has 1 saturated heterocycles. The smallest absolute Gasteiger partial charge is 0.321 e. The van der Waals surface area contributed by atoms with E-state index < -0.39 is 18.2 Å². The molecular formula is C22H27NO6. The summed E-state index contributed by atoms with van der Waals surface area (Å²) in [7, 11) is 3.02. The van der Waals surface area contributed by atoms with Crippen molar-refractivity contribution in [2.75, 3.05) is 20.8 Å². The SMILES string of the molecule is COc1cc(C(O)N2CC(C)CC2C(=O)O)cc(OC)c1OCc1ccccc1. The predicted molar refractivity (Wildman–Crippen MR) is 107 cm³/mol. The second kappa shape index (κ2) is 9.15. The van der Waals surface area contributed by atoms with Crippen LogP contribution < -0.4 is 14.2 Å². The summed E-state index contributed by atoms with van der Waals surface area (Å²) < 4.78 is 16.9. The van der Waals surface area contributed by atoms with Crippen LogP contribution in [0.1, 0.15) is 30.7 Å². The molecule has 1 heterocycles. The summed E-state index contributed by atoms with van der Waals surface area (Å²) in [6.45, 7) is 2.81. The summed E-state index contributed by atoms with van der Waals surface area (Å²) in [5.41, 5.74) is 1.49. The molecule has 2 aromatic rings. The number of likely N-dealkylation sites (tertiary alicyclic amines) is 1. The van der Waals surface area contributed by atoms with E-state index in [0.717, 1.165) is 5.56 Å². The van der Waals surface area contributed by atoms with E-state index in [4.69, 9.17) is 14.2 Å². The topological polar surface area (TPSA) is 88.5 Å². The van der Waals surface area contributed by atoms with Crippen molar-refractivity contribution in [1.82, 2.24) is 4.90 Å². The van der Waals surface area contributed by atoms with Crippen LogP contribution in [0.3, 0.4) is 0 Å². The van der Waals surface area contributed by atoms with E-state index in [0.29, 0.717) is 42.4 Å². The van der Waals surface area contributed by atoms with Crippen LogP contribution in [0, 0.1) is 5.92 Å². The number of aliphatic hydroxyl groups is 1. The first-order valence-electron chi connectivity index (χ1n) is 9.53. The standard InChI is InChI=1S/C22H27NO6/c1-14-9-17(22(25)26)23(12-14)21(24)16-10-18(27-2)20(19(11-16)28-3)29-13-15-7-5-4-6-8-15/h4-8,10-11,14,17,21,24H,9,12-13H2,1-3H3,(H,25,26). The Kier molecular flexibility index (Phi) is 6.61. The lowest BCUT2D eigenvalue weighted by Crippen LogP contribution is -2.38. The molecule has 156 valence electrons. The highest BCUT2D eigenvalue weighted by Gasteiger charge is 2.39. The maximum Gasteiger partial charge on any atom is 0.321 e. The van der Waals surface area contributed by atoms with Crippen molar-refractivity contribution in [1.29, 1.82) is 0 Å². The Morgan fingerprint density at radius 2 is 1.79 bits per heavy atom. The molecule has 0 aliphatic carbocycles. The Morgan fingerprint density at radius 1 is 1.17 bits per heavy atom. The molecule has 2 N–H and O–H groups in total. The average Bonchev–Trinajstić information content (AvgIpc) is 3.13. The Morgan fingerprint density at radius 3 is 2.34 bits per heavy atom. The van der Waals surface area contributed by atoms with Gasteiger partial charge in [0.25, 0.3) is 0 Å². The molecule has 3 rings (SSSR count). The van der Waals surface area contributed by atoms with Gasteiger partial charge in [-0.15, -0.1) is 0 Å². The van der Waals surface area contributed by atoms with Gasteiger partial charge in [-0.25, -0.2) is 0 Å². The van der Waals surface area contributed by atoms with Crippen LogP contribution in [0.25, 0.3) is 0 Å². The number of ether oxygens (including phenoxy) is 3. The molecule has 1 aliphatic heterocycles. The summed E-state index contributed by atoms with van der Waals surface area (Å²) in [6.07, 6.45) is -0.592. The van der Waals surface area contributed by atoms with Crippen LogP contribution in [0.5, 0.6) is 17.2 Å². The molecule has 0 aromatic heterocycles. The molecule has 1 fully saturated rings. The number of carboxylic acid groups (broad SMARTS) is 1. The van der Waals surface area contributed by atoms with Crippen molar-refractivity contribution in [3.05, 3.63) is 53.6 Å². The van der Waals surface area contributed by atoms with Gasteiger partial charge in [0.05, 0.1) is 14.2 Å². The van der Waals surface area contributed by atoms with Gasteiger partial charge in [-0.3, -0.25) is 9.69 Å². The second-order valence-corrected chi connectivity index (χ2v) is 7.29. The number of carboxylic acids is 1. The fourth-order valence-electron chi connectivity index (χ4n) is 3.70. The van der Waals surface area contributed by atoms with Gasteiger partial charge in [-0.1, -0.05) is 37.3 Å². The van der Waals surface area contributed by atoms with Crippen LogP contribution in [0.2, 0.25) is 0 Å². The number of aliphatic hydroxyl groups excluding tert-OH is 1. The van der Waals surface area contributed by atoms with Gasteiger partial charge in [0.1, 0.15) is 18.9 Å². The zero-order chi connectivity index (χ0) is 21.0. The van der Waals surface area contributed by atoms with E-state index in [-0.39, 0.29) is 5.92 Å². The first-order chi connectivity index (χ1) is 13.9. The predicted octanol–water partition coefficient (Wildman–Crippen LogP) is 3.07. The molecule has 2 aromatic carbocycles. The summed E-state index contributed by atoms with van der Waals surface area (Å²) >= 11 is 0. The lowest BCUT2D eigenvalue weighted by atomic mass is 10.1. The van der Waals surface area contributed by atoms with Crippen molar-refractivity contribution in [2.45, 2.75) is 32.2 Å². The molecule has 3 atom stereocenters. The minimum Gasteiger partial charge on any atom is -0.493 e. The molecule has 1 aliphatic rings. The van der Waals surface area contributed by atoms with Gasteiger partial charge in [-0.2, -0.15) is 0 Å². The van der Waals surface area contributed by atoms with E-state index in [9.17, 15) is 15.0 Å². The molecule has 7 nitrogen and oxygen atoms in total. The summed E-state index contributed by atoms with van der Waals surface area (Å²) in [5.74, 6) is 0.499. The Balaban J connectivity index is 1.88. The molecule has 29 heavy (non-hydrogen) atoms. The molecule has 0 radical (unpaired) electrons. The number of hydrogen-bond acceptors (Lipinski definition) is 6. The summed E-state index contributed by atoms with van der Waals surface area (Å²) in [5, 5.41) is 20.4. The number of methoxy groups -OCH3 is 2. The lowest BCUT2D eigenvalue weighted by molar-refractivity contribution is -0.146. The Hall–Kier alpha value is -2.77. The molecule has 0 saturated carbocycles. The van der Waals surface area contributed by atoms with Crippen LogP contribution in [-0.2, 0) is 11.4 Å². The normalized spacial score (nSPS) is 20.3. The molecule has 0 spiro atoms. The van der Waals surface area contributed by atoms with E-state index in [1.54, 1.807) is 17.0 Å². The highest BCUT2D eigenvalue weighted by molar-refractivity contribution is 5.74. The Bertz CT molecular complexity index is 815. The number of benzene rings is 2. The van der Waals surface area contributed by atoms with Gasteiger partial charge in [0.15, 0.2) is 11.5 Å². The minimum absolute atomic E-state index is 0.183. The molecule has 7 heteroatoms. The van der Waals surface area contributed by atoms with Crippen molar-refractivity contribution >= 4 is 5.97 Å². The third-order valence-electron chi connectivity index (χ3n) is 5.15. The van der Waals surface area contributed by atoms with E-state index in [1.807, 2.05) is 37.3 Å². The van der Waals surface area contributed by atoms with Gasteiger partial charge in [0.2, 0.25) is 5.75 Å². The fraction of sp³-hybridized carbons (Fsp3) is 0.409. The molecule has 3 unspecified atom stereocenters. The van der Waals surface area contributed by atoms with Crippen LogP contribution in [-0.4, -0.2) is 47.9 Å². The highest BCUT2D eigenvalue weighted by Crippen LogP contribution is 2.42. The van der Waals surface area contributed by atoms with Gasteiger partial charge >= 0.3 is 5.97 Å². The second-order valence-electron chi connectivity index (χ2n) is 7.29. The fourth-order valence-corrected chi connectivity index (χ4v) is 3.70. The van der Waals surface area contributed by atoms with Crippen molar-refractivity contribution in [3.8, 4) is 17.2 Å². The quantitative estimate of drug-likeness (QED) is 0.703. The maximum atomic E-state index is 11.6. The van der Waals surface area contributed by atoms with Crippen LogP contribution >= 0.6 is 0 Å². The number of rotatable bonds is 8. The van der Waals surface area contributed by atoms with E-state index in [1.165, 1.54) is 14.2 Å². The number of carbonyl (C=O) groups is 1. The van der Waals surface area contributed by atoms with Crippen LogP contribution in [0.15, 0.2) is 42.5 Å². The van der Waals surface area contributed by atoms with E-state index in [2.05, 4.69) is 0 Å². The zero-order valence-corrected chi connectivity index (χ0v) is 16.9. The van der Waals surface area contributed by atoms with Crippen molar-refractivity contribution in [3.63, 3.8) is 0 Å². The minimum atomic E-state index is -1.09. The third-order valence-corrected chi connectivity index (χ3v) is 5.15. The van der Waals surface area contributed by atoms with E-state index >= 15 is 0 Å². The first-order valence-corrected chi connectivity index (χ1v) is 9.53. The lowest BCUT2D eigenvalue weighted by Gasteiger charge is -2.28. The largest absolute Gasteiger partial charge is 0.493 e. The number of nitrogens with zero attached hydrogens (tertiary/aromatic N) is 1. The molecule has 0 bridgehead atoms. The van der Waals surface area contributed by atoms with Gasteiger partial charge in [-0.05, 0) is 30.0 Å². The van der Waals surface area contributed by atoms with Crippen molar-refractivity contribution < 1.29 is 29.2 Å². The van der Waals surface area contributed by atoms with Crippen LogP contribution in [0.4, 0.5) is 0 Å². The number of hydrogen-bond donors (Lipinski definition) is 2. The molecule has 0 amide bonds. The van der Waals surface area contributed by atoms with Gasteiger partial charge in [0, 0.05) is 12.1 Å². The average molecular weight is 401 g/mol. The maximum absolute atomic E-state index is 11.6. The highest BCUT2D eigenvalue weighted by atomic mass is 16.5. The zero-order valence-electron chi connectivity index (χ0n) is 16.9. The summed E-state index contributed by atoms with van der Waals surface area (Å²) in [4.78, 5) is 13.2. The Labute approximate surface area is 170 Å². The van der Waals surface area contributed by atoms with Gasteiger partial charge < -0.3 is 24.4 Å².